The molecule has 106 valence electrons. The van der Waals surface area contributed by atoms with E-state index in [1.807, 2.05) is 29.2 Å². The lowest BCUT2D eigenvalue weighted by Crippen LogP contribution is -2.29. The third-order valence-electron chi connectivity index (χ3n) is 3.30. The predicted octanol–water partition coefficient (Wildman–Crippen LogP) is 2.48. The van der Waals surface area contributed by atoms with E-state index in [1.165, 1.54) is 5.56 Å². The van der Waals surface area contributed by atoms with Crippen LogP contribution in [0.1, 0.15) is 17.9 Å². The van der Waals surface area contributed by atoms with Crippen LogP contribution in [0, 0.1) is 0 Å². The zero-order valence-corrected chi connectivity index (χ0v) is 10.5. The minimum absolute atomic E-state index is 0.234. The van der Waals surface area contributed by atoms with E-state index >= 15 is 0 Å². The number of rotatable bonds is 5. The van der Waals surface area contributed by atoms with Crippen LogP contribution in [0.4, 0.5) is 18.9 Å². The van der Waals surface area contributed by atoms with Crippen LogP contribution in [0.5, 0.6) is 0 Å². The van der Waals surface area contributed by atoms with Gasteiger partial charge in [0.1, 0.15) is 0 Å². The molecule has 0 aromatic heterocycles. The molecule has 0 aliphatic carbocycles. The number of nitrogens with zero attached hydrogens (tertiary/aromatic N) is 1. The SMILES string of the molecule is NCCC1CN(CCOC(F)(F)F)c2ccccc21. The van der Waals surface area contributed by atoms with Crippen LogP contribution < -0.4 is 10.6 Å². The van der Waals surface area contributed by atoms with E-state index in [-0.39, 0.29) is 13.2 Å². The Labute approximate surface area is 110 Å². The maximum Gasteiger partial charge on any atom is 0.522 e. The average Bonchev–Trinajstić information content (AvgIpc) is 2.68. The zero-order valence-electron chi connectivity index (χ0n) is 10.5. The van der Waals surface area contributed by atoms with Gasteiger partial charge >= 0.3 is 6.36 Å². The molecule has 2 N–H and O–H groups in total. The number of hydrogen-bond donors (Lipinski definition) is 1. The summed E-state index contributed by atoms with van der Waals surface area (Å²) < 4.78 is 39.7. The number of hydrogen-bond acceptors (Lipinski definition) is 3. The second-order valence-electron chi connectivity index (χ2n) is 4.57. The van der Waals surface area contributed by atoms with E-state index in [4.69, 9.17) is 5.73 Å². The van der Waals surface area contributed by atoms with Gasteiger partial charge in [0.25, 0.3) is 0 Å². The number of halogens is 3. The number of anilines is 1. The summed E-state index contributed by atoms with van der Waals surface area (Å²) in [4.78, 5) is 1.93. The van der Waals surface area contributed by atoms with Gasteiger partial charge in [-0.1, -0.05) is 18.2 Å². The van der Waals surface area contributed by atoms with Gasteiger partial charge in [0.15, 0.2) is 0 Å². The molecule has 1 aromatic rings. The fourth-order valence-corrected chi connectivity index (χ4v) is 2.51. The molecule has 1 aromatic carbocycles. The summed E-state index contributed by atoms with van der Waals surface area (Å²) in [5, 5.41) is 0. The monoisotopic (exact) mass is 274 g/mol. The first-order valence-electron chi connectivity index (χ1n) is 6.26. The predicted molar refractivity (Wildman–Crippen MR) is 67.1 cm³/mol. The lowest BCUT2D eigenvalue weighted by molar-refractivity contribution is -0.323. The van der Waals surface area contributed by atoms with Crippen molar-refractivity contribution in [2.45, 2.75) is 18.7 Å². The number of benzene rings is 1. The summed E-state index contributed by atoms with van der Waals surface area (Å²) in [6, 6.07) is 7.78. The van der Waals surface area contributed by atoms with Gasteiger partial charge < -0.3 is 10.6 Å². The first-order valence-corrected chi connectivity index (χ1v) is 6.26. The lowest BCUT2D eigenvalue weighted by atomic mass is 9.98. The van der Waals surface area contributed by atoms with Crippen molar-refractivity contribution < 1.29 is 17.9 Å². The highest BCUT2D eigenvalue weighted by Gasteiger charge is 2.31. The van der Waals surface area contributed by atoms with Crippen molar-refractivity contribution in [2.75, 3.05) is 31.1 Å². The van der Waals surface area contributed by atoms with E-state index in [0.29, 0.717) is 19.0 Å². The van der Waals surface area contributed by atoms with Gasteiger partial charge in [0.2, 0.25) is 0 Å². The normalized spacial score (nSPS) is 18.7. The third kappa shape index (κ3) is 3.61. The fourth-order valence-electron chi connectivity index (χ4n) is 2.51. The Balaban J connectivity index is 1.99. The number of ether oxygens (including phenoxy) is 1. The van der Waals surface area contributed by atoms with Gasteiger partial charge in [-0.2, -0.15) is 0 Å². The van der Waals surface area contributed by atoms with E-state index in [0.717, 1.165) is 12.1 Å². The second-order valence-corrected chi connectivity index (χ2v) is 4.57. The highest BCUT2D eigenvalue weighted by atomic mass is 19.4. The largest absolute Gasteiger partial charge is 0.522 e. The van der Waals surface area contributed by atoms with E-state index in [9.17, 15) is 13.2 Å². The minimum atomic E-state index is -4.56. The van der Waals surface area contributed by atoms with Crippen molar-refractivity contribution in [1.29, 1.82) is 0 Å². The fraction of sp³-hybridized carbons (Fsp3) is 0.538. The summed E-state index contributed by atoms with van der Waals surface area (Å²) in [6.07, 6.45) is -3.72. The van der Waals surface area contributed by atoms with Crippen molar-refractivity contribution in [3.05, 3.63) is 29.8 Å². The summed E-state index contributed by atoms with van der Waals surface area (Å²) in [7, 11) is 0. The molecular weight excluding hydrogens is 257 g/mol. The molecule has 1 aliphatic heterocycles. The average molecular weight is 274 g/mol. The molecule has 1 aliphatic rings. The highest BCUT2D eigenvalue weighted by molar-refractivity contribution is 5.60. The Bertz CT molecular complexity index is 423. The van der Waals surface area contributed by atoms with Crippen LogP contribution in [-0.2, 0) is 4.74 Å². The van der Waals surface area contributed by atoms with Crippen LogP contribution in [0.2, 0.25) is 0 Å². The van der Waals surface area contributed by atoms with Crippen molar-refractivity contribution in [1.82, 2.24) is 0 Å². The molecule has 0 amide bonds. The first kappa shape index (κ1) is 14.1. The van der Waals surface area contributed by atoms with Gasteiger partial charge in [0, 0.05) is 24.7 Å². The van der Waals surface area contributed by atoms with Crippen LogP contribution >= 0.6 is 0 Å². The minimum Gasteiger partial charge on any atom is -0.368 e. The Morgan fingerprint density at radius 2 is 2.05 bits per heavy atom. The van der Waals surface area contributed by atoms with Crippen LogP contribution in [0.3, 0.4) is 0 Å². The van der Waals surface area contributed by atoms with Crippen molar-refractivity contribution in [2.24, 2.45) is 5.73 Å². The summed E-state index contributed by atoms with van der Waals surface area (Å²) in [5.74, 6) is 0.298. The van der Waals surface area contributed by atoms with Crippen molar-refractivity contribution in [3.8, 4) is 0 Å². The van der Waals surface area contributed by atoms with Crippen molar-refractivity contribution >= 4 is 5.69 Å². The molecule has 6 heteroatoms. The van der Waals surface area contributed by atoms with Gasteiger partial charge in [-0.25, -0.2) is 0 Å². The molecule has 0 fully saturated rings. The Kier molecular flexibility index (Phi) is 4.31. The molecular formula is C13H17F3N2O. The first-order chi connectivity index (χ1) is 9.01. The smallest absolute Gasteiger partial charge is 0.368 e. The number of nitrogens with two attached hydrogens (primary N) is 1. The second kappa shape index (κ2) is 5.79. The van der Waals surface area contributed by atoms with E-state index in [1.54, 1.807) is 0 Å². The molecule has 3 nitrogen and oxygen atoms in total. The van der Waals surface area contributed by atoms with Gasteiger partial charge in [-0.3, -0.25) is 4.74 Å². The summed E-state index contributed by atoms with van der Waals surface area (Å²) >= 11 is 0. The molecule has 2 rings (SSSR count). The molecule has 0 radical (unpaired) electrons. The maximum atomic E-state index is 12.0. The van der Waals surface area contributed by atoms with Gasteiger partial charge in [-0.15, -0.1) is 13.2 Å². The molecule has 0 saturated heterocycles. The third-order valence-corrected chi connectivity index (χ3v) is 3.30. The van der Waals surface area contributed by atoms with Crippen LogP contribution in [0.15, 0.2) is 24.3 Å². The van der Waals surface area contributed by atoms with Crippen molar-refractivity contribution in [3.63, 3.8) is 0 Å². The van der Waals surface area contributed by atoms with Crippen LogP contribution in [-0.4, -0.2) is 32.6 Å². The van der Waals surface area contributed by atoms with E-state index < -0.39 is 6.36 Å². The molecule has 1 heterocycles. The summed E-state index contributed by atoms with van der Waals surface area (Å²) in [5.41, 5.74) is 7.74. The number of fused-ring (bicyclic) bond motifs is 1. The molecule has 0 spiro atoms. The molecule has 0 saturated carbocycles. The Hall–Kier alpha value is -1.27. The molecule has 0 bridgehead atoms. The lowest BCUT2D eigenvalue weighted by Gasteiger charge is -2.20. The maximum absolute atomic E-state index is 12.0. The number of alkyl halides is 3. The zero-order chi connectivity index (χ0) is 13.9. The van der Waals surface area contributed by atoms with Gasteiger partial charge in [-0.05, 0) is 24.6 Å². The Morgan fingerprint density at radius 1 is 1.32 bits per heavy atom. The van der Waals surface area contributed by atoms with Gasteiger partial charge in [0.05, 0.1) is 6.61 Å². The molecule has 1 atom stereocenters. The number of para-hydroxylation sites is 1. The Morgan fingerprint density at radius 3 is 2.74 bits per heavy atom. The standard InChI is InChI=1S/C13H17F3N2O/c14-13(15,16)19-8-7-18-9-10(5-6-17)11-3-1-2-4-12(11)18/h1-4,10H,5-9,17H2. The highest BCUT2D eigenvalue weighted by Crippen LogP contribution is 2.37. The van der Waals surface area contributed by atoms with E-state index in [2.05, 4.69) is 4.74 Å². The molecule has 19 heavy (non-hydrogen) atoms. The summed E-state index contributed by atoms with van der Waals surface area (Å²) in [6.45, 7) is 1.16. The molecule has 1 unspecified atom stereocenters. The topological polar surface area (TPSA) is 38.5 Å². The van der Waals surface area contributed by atoms with Crippen LogP contribution in [0.25, 0.3) is 0 Å². The quantitative estimate of drug-likeness (QED) is 0.896.